The molecule has 4 N–H and O–H groups in total. The second-order valence-electron chi connectivity index (χ2n) is 4.96. The predicted molar refractivity (Wildman–Crippen MR) is 90.3 cm³/mol. The van der Waals surface area contributed by atoms with Crippen LogP contribution in [0.4, 0.5) is 15.5 Å². The van der Waals surface area contributed by atoms with Gasteiger partial charge < -0.3 is 15.8 Å². The van der Waals surface area contributed by atoms with E-state index in [4.69, 9.17) is 22.1 Å². The first-order chi connectivity index (χ1) is 11.0. The van der Waals surface area contributed by atoms with Gasteiger partial charge in [-0.1, -0.05) is 17.7 Å². The summed E-state index contributed by atoms with van der Waals surface area (Å²) in [5.74, 6) is -0.553. The van der Waals surface area contributed by atoms with Crippen molar-refractivity contribution >= 4 is 45.6 Å². The lowest BCUT2D eigenvalue weighted by molar-refractivity contribution is 0.0991. The van der Waals surface area contributed by atoms with Crippen LogP contribution in [0.3, 0.4) is 0 Å². The Bertz CT molecular complexity index is 775. The highest BCUT2D eigenvalue weighted by Gasteiger charge is 2.25. The van der Waals surface area contributed by atoms with Gasteiger partial charge >= 0.3 is 6.03 Å². The minimum atomic E-state index is -0.553. The Morgan fingerprint density at radius 1 is 1.30 bits per heavy atom. The SMILES string of the molecule is NC(=O)c1c(NC(=O)Nc2cccc(Cl)c2)sc2c1CCOC2. The quantitative estimate of drug-likeness (QED) is 0.792. The van der Waals surface area contributed by atoms with E-state index in [9.17, 15) is 9.59 Å². The number of nitrogens with one attached hydrogen (secondary N) is 2. The molecule has 0 spiro atoms. The number of ether oxygens (including phenoxy) is 1. The zero-order valence-corrected chi connectivity index (χ0v) is 13.6. The topological polar surface area (TPSA) is 93.5 Å². The number of primary amides is 1. The molecule has 0 saturated heterocycles. The second kappa shape index (κ2) is 6.57. The summed E-state index contributed by atoms with van der Waals surface area (Å²) < 4.78 is 5.37. The number of hydrogen-bond donors (Lipinski definition) is 3. The van der Waals surface area contributed by atoms with E-state index < -0.39 is 11.9 Å². The van der Waals surface area contributed by atoms with Gasteiger partial charge in [0.2, 0.25) is 0 Å². The van der Waals surface area contributed by atoms with Crippen molar-refractivity contribution in [2.24, 2.45) is 5.73 Å². The molecule has 0 saturated carbocycles. The molecule has 3 amide bonds. The lowest BCUT2D eigenvalue weighted by Gasteiger charge is -2.12. The molecule has 0 radical (unpaired) electrons. The van der Waals surface area contributed by atoms with Gasteiger partial charge in [-0.15, -0.1) is 11.3 Å². The van der Waals surface area contributed by atoms with E-state index in [0.29, 0.717) is 40.9 Å². The Morgan fingerprint density at radius 2 is 2.13 bits per heavy atom. The van der Waals surface area contributed by atoms with Crippen LogP contribution < -0.4 is 16.4 Å². The van der Waals surface area contributed by atoms with E-state index >= 15 is 0 Å². The first-order valence-corrected chi connectivity index (χ1v) is 8.09. The van der Waals surface area contributed by atoms with Crippen molar-refractivity contribution in [1.82, 2.24) is 0 Å². The summed E-state index contributed by atoms with van der Waals surface area (Å²) in [6.07, 6.45) is 0.613. The fraction of sp³-hybridized carbons (Fsp3) is 0.200. The molecule has 0 atom stereocenters. The zero-order valence-electron chi connectivity index (χ0n) is 12.0. The van der Waals surface area contributed by atoms with E-state index in [1.54, 1.807) is 24.3 Å². The van der Waals surface area contributed by atoms with Gasteiger partial charge in [-0.25, -0.2) is 4.79 Å². The Morgan fingerprint density at radius 3 is 2.87 bits per heavy atom. The van der Waals surface area contributed by atoms with Crippen molar-refractivity contribution in [1.29, 1.82) is 0 Å². The number of carbonyl (C=O) groups excluding carboxylic acids is 2. The van der Waals surface area contributed by atoms with Gasteiger partial charge in [0.1, 0.15) is 5.00 Å². The second-order valence-corrected chi connectivity index (χ2v) is 6.51. The number of urea groups is 1. The minimum Gasteiger partial charge on any atom is -0.376 e. The fourth-order valence-electron chi connectivity index (χ4n) is 2.41. The largest absolute Gasteiger partial charge is 0.376 e. The van der Waals surface area contributed by atoms with Crippen molar-refractivity contribution in [2.75, 3.05) is 17.2 Å². The molecule has 2 aromatic rings. The monoisotopic (exact) mass is 351 g/mol. The standard InChI is InChI=1S/C15H14ClN3O3S/c16-8-2-1-3-9(6-8)18-15(21)19-14-12(13(17)20)10-4-5-22-7-11(10)23-14/h1-3,6H,4-5,7H2,(H2,17,20)(H2,18,19,21). The lowest BCUT2D eigenvalue weighted by Crippen LogP contribution is -2.22. The third-order valence-electron chi connectivity index (χ3n) is 3.38. The number of anilines is 2. The number of carbonyl (C=O) groups is 2. The van der Waals surface area contributed by atoms with Gasteiger partial charge in [-0.05, 0) is 30.2 Å². The summed E-state index contributed by atoms with van der Waals surface area (Å²) >= 11 is 7.19. The summed E-state index contributed by atoms with van der Waals surface area (Å²) in [6, 6.07) is 6.32. The third kappa shape index (κ3) is 3.47. The third-order valence-corrected chi connectivity index (χ3v) is 4.73. The molecule has 1 aliphatic heterocycles. The molecule has 0 aliphatic carbocycles. The number of thiophene rings is 1. The van der Waals surface area contributed by atoms with E-state index in [0.717, 1.165) is 10.4 Å². The molecular formula is C15H14ClN3O3S. The van der Waals surface area contributed by atoms with Crippen LogP contribution in [0, 0.1) is 0 Å². The summed E-state index contributed by atoms with van der Waals surface area (Å²) in [7, 11) is 0. The maximum absolute atomic E-state index is 12.1. The molecule has 8 heteroatoms. The Labute approximate surface area is 141 Å². The van der Waals surface area contributed by atoms with Gasteiger partial charge in [-0.2, -0.15) is 0 Å². The molecule has 1 aromatic heterocycles. The van der Waals surface area contributed by atoms with E-state index in [1.165, 1.54) is 11.3 Å². The van der Waals surface area contributed by atoms with Gasteiger partial charge in [-0.3, -0.25) is 10.1 Å². The van der Waals surface area contributed by atoms with Crippen LogP contribution in [-0.2, 0) is 17.8 Å². The summed E-state index contributed by atoms with van der Waals surface area (Å²) in [5.41, 5.74) is 7.26. The Kier molecular flexibility index (Phi) is 4.51. The molecule has 1 aliphatic rings. The molecule has 0 fully saturated rings. The van der Waals surface area contributed by atoms with Gasteiger partial charge in [0.05, 0.1) is 18.8 Å². The summed E-state index contributed by atoms with van der Waals surface area (Å²) in [6.45, 7) is 0.968. The van der Waals surface area contributed by atoms with Gasteiger partial charge in [0.25, 0.3) is 5.91 Å². The predicted octanol–water partition coefficient (Wildman–Crippen LogP) is 3.22. The average molecular weight is 352 g/mol. The maximum Gasteiger partial charge on any atom is 0.324 e. The van der Waals surface area contributed by atoms with E-state index in [1.807, 2.05) is 0 Å². The molecule has 1 aromatic carbocycles. The van der Waals surface area contributed by atoms with Crippen molar-refractivity contribution in [3.05, 3.63) is 45.3 Å². The van der Waals surface area contributed by atoms with Crippen LogP contribution in [0.25, 0.3) is 0 Å². The van der Waals surface area contributed by atoms with Gasteiger partial charge in [0.15, 0.2) is 0 Å². The van der Waals surface area contributed by atoms with E-state index in [2.05, 4.69) is 10.6 Å². The molecular weight excluding hydrogens is 338 g/mol. The highest BCUT2D eigenvalue weighted by atomic mass is 35.5. The smallest absolute Gasteiger partial charge is 0.324 e. The zero-order chi connectivity index (χ0) is 16.4. The van der Waals surface area contributed by atoms with Gasteiger partial charge in [0, 0.05) is 15.6 Å². The number of rotatable bonds is 3. The fourth-order valence-corrected chi connectivity index (χ4v) is 3.79. The van der Waals surface area contributed by atoms with Crippen LogP contribution >= 0.6 is 22.9 Å². The number of nitrogens with two attached hydrogens (primary N) is 1. The highest BCUT2D eigenvalue weighted by Crippen LogP contribution is 2.36. The number of halogens is 1. The Hall–Kier alpha value is -2.09. The number of fused-ring (bicyclic) bond motifs is 1. The van der Waals surface area contributed by atoms with Crippen molar-refractivity contribution in [3.63, 3.8) is 0 Å². The number of hydrogen-bond acceptors (Lipinski definition) is 4. The molecule has 3 rings (SSSR count). The Balaban J connectivity index is 1.81. The van der Waals surface area contributed by atoms with Crippen molar-refractivity contribution in [3.8, 4) is 0 Å². The molecule has 6 nitrogen and oxygen atoms in total. The van der Waals surface area contributed by atoms with E-state index in [-0.39, 0.29) is 0 Å². The number of benzene rings is 1. The normalized spacial score (nSPS) is 13.3. The van der Waals surface area contributed by atoms with Crippen molar-refractivity contribution < 1.29 is 14.3 Å². The summed E-state index contributed by atoms with van der Waals surface area (Å²) in [4.78, 5) is 24.8. The molecule has 0 unspecified atom stereocenters. The molecule has 120 valence electrons. The maximum atomic E-state index is 12.1. The first-order valence-electron chi connectivity index (χ1n) is 6.90. The van der Waals surface area contributed by atoms with Crippen LogP contribution in [0.15, 0.2) is 24.3 Å². The number of amides is 3. The van der Waals surface area contributed by atoms with Crippen molar-refractivity contribution in [2.45, 2.75) is 13.0 Å². The van der Waals surface area contributed by atoms with Crippen LogP contribution in [0.2, 0.25) is 5.02 Å². The lowest BCUT2D eigenvalue weighted by atomic mass is 10.1. The summed E-state index contributed by atoms with van der Waals surface area (Å²) in [5, 5.41) is 6.31. The minimum absolute atomic E-state index is 0.370. The van der Waals surface area contributed by atoms with Crippen LogP contribution in [-0.4, -0.2) is 18.5 Å². The highest BCUT2D eigenvalue weighted by molar-refractivity contribution is 7.17. The van der Waals surface area contributed by atoms with Crippen LogP contribution in [0.5, 0.6) is 0 Å². The van der Waals surface area contributed by atoms with Crippen LogP contribution in [0.1, 0.15) is 20.8 Å². The first kappa shape index (κ1) is 15.8. The molecule has 23 heavy (non-hydrogen) atoms. The average Bonchev–Trinajstić information content (AvgIpc) is 2.84. The molecule has 2 heterocycles. The molecule has 0 bridgehead atoms.